The number of imide groups is 1. The van der Waals surface area contributed by atoms with Gasteiger partial charge in [0.1, 0.15) is 0 Å². The van der Waals surface area contributed by atoms with E-state index in [1.165, 1.54) is 4.90 Å². The van der Waals surface area contributed by atoms with E-state index in [0.29, 0.717) is 11.1 Å². The standard InChI is InChI=1S/C13H19NO3/c1-9-10(2)12(17)14(11(9)16)13(8-15)6-4-3-5-7-13/h15H,3-8H2,1-2H3. The molecule has 0 saturated heterocycles. The lowest BCUT2D eigenvalue weighted by Crippen LogP contribution is -2.56. The smallest absolute Gasteiger partial charge is 0.257 e. The van der Waals surface area contributed by atoms with Crippen LogP contribution in [0.25, 0.3) is 0 Å². The molecule has 1 heterocycles. The van der Waals surface area contributed by atoms with E-state index in [1.807, 2.05) is 0 Å². The van der Waals surface area contributed by atoms with Gasteiger partial charge in [-0.15, -0.1) is 0 Å². The monoisotopic (exact) mass is 237 g/mol. The normalized spacial score (nSPS) is 24.8. The highest BCUT2D eigenvalue weighted by atomic mass is 16.3. The summed E-state index contributed by atoms with van der Waals surface area (Å²) in [7, 11) is 0. The van der Waals surface area contributed by atoms with E-state index < -0.39 is 5.54 Å². The third-order valence-electron chi connectivity index (χ3n) is 4.16. The maximum absolute atomic E-state index is 12.1. The summed E-state index contributed by atoms with van der Waals surface area (Å²) in [5.74, 6) is -0.438. The molecule has 1 N–H and O–H groups in total. The molecule has 4 heteroatoms. The molecule has 1 aliphatic heterocycles. The highest BCUT2D eigenvalue weighted by molar-refractivity contribution is 6.19. The molecule has 4 nitrogen and oxygen atoms in total. The first-order valence-corrected chi connectivity index (χ1v) is 6.21. The summed E-state index contributed by atoms with van der Waals surface area (Å²) in [5.41, 5.74) is 0.396. The largest absolute Gasteiger partial charge is 0.394 e. The summed E-state index contributed by atoms with van der Waals surface area (Å²) >= 11 is 0. The van der Waals surface area contributed by atoms with Gasteiger partial charge >= 0.3 is 0 Å². The van der Waals surface area contributed by atoms with Gasteiger partial charge in [-0.05, 0) is 26.7 Å². The molecular weight excluding hydrogens is 218 g/mol. The molecule has 2 rings (SSSR count). The molecule has 0 aromatic carbocycles. The lowest BCUT2D eigenvalue weighted by Gasteiger charge is -2.42. The van der Waals surface area contributed by atoms with E-state index in [-0.39, 0.29) is 18.4 Å². The molecule has 0 atom stereocenters. The quantitative estimate of drug-likeness (QED) is 0.738. The minimum absolute atomic E-state index is 0.120. The minimum atomic E-state index is -0.647. The molecule has 2 aliphatic rings. The molecule has 0 bridgehead atoms. The molecule has 2 amide bonds. The first kappa shape index (κ1) is 12.3. The number of rotatable bonds is 2. The number of hydrogen-bond donors (Lipinski definition) is 1. The maximum atomic E-state index is 12.1. The number of carbonyl (C=O) groups is 2. The van der Waals surface area contributed by atoms with Crippen molar-refractivity contribution >= 4 is 11.8 Å². The van der Waals surface area contributed by atoms with Crippen molar-refractivity contribution in [2.45, 2.75) is 51.5 Å². The number of hydrogen-bond acceptors (Lipinski definition) is 3. The zero-order valence-electron chi connectivity index (χ0n) is 10.5. The fourth-order valence-electron chi connectivity index (χ4n) is 2.84. The average molecular weight is 237 g/mol. The van der Waals surface area contributed by atoms with E-state index in [4.69, 9.17) is 0 Å². The van der Waals surface area contributed by atoms with Crippen LogP contribution in [-0.2, 0) is 9.59 Å². The molecule has 1 fully saturated rings. The van der Waals surface area contributed by atoms with E-state index in [2.05, 4.69) is 0 Å². The van der Waals surface area contributed by atoms with Crippen LogP contribution in [0.4, 0.5) is 0 Å². The van der Waals surface area contributed by atoms with Gasteiger partial charge < -0.3 is 5.11 Å². The Hall–Kier alpha value is -1.16. The van der Waals surface area contributed by atoms with Gasteiger partial charge in [-0.1, -0.05) is 19.3 Å². The third kappa shape index (κ3) is 1.71. The second kappa shape index (κ2) is 4.26. The summed E-state index contributed by atoms with van der Waals surface area (Å²) in [4.78, 5) is 25.6. The van der Waals surface area contributed by atoms with Gasteiger partial charge in [-0.2, -0.15) is 0 Å². The molecule has 0 unspecified atom stereocenters. The van der Waals surface area contributed by atoms with Gasteiger partial charge in [0.25, 0.3) is 11.8 Å². The third-order valence-corrected chi connectivity index (χ3v) is 4.16. The fraction of sp³-hybridized carbons (Fsp3) is 0.692. The van der Waals surface area contributed by atoms with Crippen LogP contribution in [0.2, 0.25) is 0 Å². The first-order valence-electron chi connectivity index (χ1n) is 6.21. The van der Waals surface area contributed by atoms with Crippen LogP contribution in [0.1, 0.15) is 46.0 Å². The molecule has 1 saturated carbocycles. The van der Waals surface area contributed by atoms with Crippen molar-refractivity contribution in [3.63, 3.8) is 0 Å². The Morgan fingerprint density at radius 1 is 1.06 bits per heavy atom. The zero-order valence-corrected chi connectivity index (χ0v) is 10.5. The zero-order chi connectivity index (χ0) is 12.6. The molecule has 0 aromatic heterocycles. The molecule has 1 aliphatic carbocycles. The van der Waals surface area contributed by atoms with Crippen LogP contribution in [-0.4, -0.2) is 34.0 Å². The van der Waals surface area contributed by atoms with Gasteiger partial charge in [0.05, 0.1) is 12.1 Å². The van der Waals surface area contributed by atoms with Crippen molar-refractivity contribution in [2.24, 2.45) is 0 Å². The summed E-state index contributed by atoms with van der Waals surface area (Å²) in [6, 6.07) is 0. The van der Waals surface area contributed by atoms with Crippen molar-refractivity contribution in [2.75, 3.05) is 6.61 Å². The Morgan fingerprint density at radius 3 is 1.94 bits per heavy atom. The van der Waals surface area contributed by atoms with Crippen LogP contribution < -0.4 is 0 Å². The Labute approximate surface area is 101 Å². The lowest BCUT2D eigenvalue weighted by molar-refractivity contribution is -0.148. The predicted octanol–water partition coefficient (Wildman–Crippen LogP) is 1.39. The molecule has 94 valence electrons. The number of aliphatic hydroxyl groups is 1. The Bertz CT molecular complexity index is 367. The van der Waals surface area contributed by atoms with Crippen LogP contribution >= 0.6 is 0 Å². The highest BCUT2D eigenvalue weighted by Gasteiger charge is 2.48. The van der Waals surface area contributed by atoms with Crippen molar-refractivity contribution < 1.29 is 14.7 Å². The van der Waals surface area contributed by atoms with Crippen LogP contribution in [0.15, 0.2) is 11.1 Å². The summed E-state index contributed by atoms with van der Waals surface area (Å²) in [5, 5.41) is 9.65. The van der Waals surface area contributed by atoms with Crippen LogP contribution in [0.5, 0.6) is 0 Å². The van der Waals surface area contributed by atoms with Gasteiger partial charge in [-0.25, -0.2) is 0 Å². The SMILES string of the molecule is CC1=C(C)C(=O)N(C2(CO)CCCCC2)C1=O. The van der Waals surface area contributed by atoms with Crippen molar-refractivity contribution in [1.29, 1.82) is 0 Å². The molecular formula is C13H19NO3. The van der Waals surface area contributed by atoms with E-state index in [9.17, 15) is 14.7 Å². The Kier molecular flexibility index (Phi) is 3.08. The minimum Gasteiger partial charge on any atom is -0.394 e. The lowest BCUT2D eigenvalue weighted by atomic mass is 9.80. The van der Waals surface area contributed by atoms with Crippen molar-refractivity contribution in [3.8, 4) is 0 Å². The van der Waals surface area contributed by atoms with Crippen molar-refractivity contribution in [3.05, 3.63) is 11.1 Å². The number of carbonyl (C=O) groups excluding carboxylic acids is 2. The van der Waals surface area contributed by atoms with Crippen molar-refractivity contribution in [1.82, 2.24) is 4.90 Å². The topological polar surface area (TPSA) is 57.6 Å². The molecule has 0 radical (unpaired) electrons. The van der Waals surface area contributed by atoms with E-state index in [0.717, 1.165) is 32.1 Å². The number of nitrogens with zero attached hydrogens (tertiary/aromatic N) is 1. The first-order chi connectivity index (χ1) is 8.03. The predicted molar refractivity (Wildman–Crippen MR) is 63.1 cm³/mol. The van der Waals surface area contributed by atoms with Crippen LogP contribution in [0, 0.1) is 0 Å². The van der Waals surface area contributed by atoms with Gasteiger partial charge in [0.2, 0.25) is 0 Å². The number of aliphatic hydroxyl groups excluding tert-OH is 1. The van der Waals surface area contributed by atoms with Gasteiger partial charge in [0, 0.05) is 11.1 Å². The summed E-state index contributed by atoms with van der Waals surface area (Å²) in [6.45, 7) is 3.25. The van der Waals surface area contributed by atoms with Gasteiger partial charge in [-0.3, -0.25) is 14.5 Å². The number of amides is 2. The van der Waals surface area contributed by atoms with Gasteiger partial charge in [0.15, 0.2) is 0 Å². The summed E-state index contributed by atoms with van der Waals surface area (Å²) < 4.78 is 0. The van der Waals surface area contributed by atoms with E-state index in [1.54, 1.807) is 13.8 Å². The maximum Gasteiger partial charge on any atom is 0.257 e. The molecule has 17 heavy (non-hydrogen) atoms. The second-order valence-corrected chi connectivity index (χ2v) is 5.14. The molecule has 0 spiro atoms. The molecule has 0 aromatic rings. The highest BCUT2D eigenvalue weighted by Crippen LogP contribution is 2.37. The van der Waals surface area contributed by atoms with Crippen LogP contribution in [0.3, 0.4) is 0 Å². The second-order valence-electron chi connectivity index (χ2n) is 5.14. The fourth-order valence-corrected chi connectivity index (χ4v) is 2.84. The Morgan fingerprint density at radius 2 is 1.53 bits per heavy atom. The summed E-state index contributed by atoms with van der Waals surface area (Å²) in [6.07, 6.45) is 4.50. The Balaban J connectivity index is 2.34. The van der Waals surface area contributed by atoms with E-state index >= 15 is 0 Å². The average Bonchev–Trinajstić information content (AvgIpc) is 2.55.